The third-order valence-corrected chi connectivity index (χ3v) is 2.68. The van der Waals surface area contributed by atoms with Gasteiger partial charge in [0.2, 0.25) is 5.76 Å². The van der Waals surface area contributed by atoms with Gasteiger partial charge in [-0.25, -0.2) is 0 Å². The average Bonchev–Trinajstić information content (AvgIpc) is 2.70. The number of para-hydroxylation sites is 1. The number of aromatic nitrogens is 1. The van der Waals surface area contributed by atoms with Crippen LogP contribution >= 0.6 is 23.2 Å². The number of nitrogens with one attached hydrogen (secondary N) is 1. The molecule has 1 heterocycles. The monoisotopic (exact) mass is 270 g/mol. The highest BCUT2D eigenvalue weighted by atomic mass is 35.5. The second-order valence-corrected chi connectivity index (χ2v) is 4.20. The molecule has 17 heavy (non-hydrogen) atoms. The number of hydrogen-bond acceptors (Lipinski definition) is 3. The van der Waals surface area contributed by atoms with Crippen LogP contribution in [0.25, 0.3) is 0 Å². The van der Waals surface area contributed by atoms with Gasteiger partial charge in [0, 0.05) is 6.07 Å². The van der Waals surface area contributed by atoms with E-state index in [1.165, 1.54) is 6.07 Å². The van der Waals surface area contributed by atoms with Gasteiger partial charge in [-0.05, 0) is 19.1 Å². The van der Waals surface area contributed by atoms with Crippen molar-refractivity contribution in [3.8, 4) is 0 Å². The molecule has 0 aliphatic heterocycles. The Morgan fingerprint density at radius 3 is 2.53 bits per heavy atom. The van der Waals surface area contributed by atoms with E-state index in [2.05, 4.69) is 10.5 Å². The lowest BCUT2D eigenvalue weighted by atomic mass is 10.3. The molecule has 0 spiro atoms. The van der Waals surface area contributed by atoms with Gasteiger partial charge < -0.3 is 9.84 Å². The van der Waals surface area contributed by atoms with Crippen LogP contribution in [0.15, 0.2) is 28.8 Å². The van der Waals surface area contributed by atoms with E-state index in [4.69, 9.17) is 27.7 Å². The first kappa shape index (κ1) is 12.0. The van der Waals surface area contributed by atoms with Gasteiger partial charge in [0.25, 0.3) is 5.91 Å². The largest absolute Gasteiger partial charge is 0.351 e. The minimum atomic E-state index is -0.444. The van der Waals surface area contributed by atoms with Gasteiger partial charge in [0.05, 0.1) is 21.4 Å². The number of benzene rings is 1. The molecule has 1 aromatic heterocycles. The molecule has 4 nitrogen and oxygen atoms in total. The summed E-state index contributed by atoms with van der Waals surface area (Å²) in [4.78, 5) is 11.8. The number of carbonyl (C=O) groups excluding carboxylic acids is 1. The fourth-order valence-corrected chi connectivity index (χ4v) is 1.75. The number of rotatable bonds is 2. The summed E-state index contributed by atoms with van der Waals surface area (Å²) in [7, 11) is 0. The highest BCUT2D eigenvalue weighted by molar-refractivity contribution is 6.39. The summed E-state index contributed by atoms with van der Waals surface area (Å²) >= 11 is 11.8. The van der Waals surface area contributed by atoms with Crippen molar-refractivity contribution in [2.75, 3.05) is 5.32 Å². The normalized spacial score (nSPS) is 10.3. The Bertz CT molecular complexity index is 546. The van der Waals surface area contributed by atoms with E-state index in [0.717, 1.165) is 0 Å². The Morgan fingerprint density at radius 1 is 1.35 bits per heavy atom. The summed E-state index contributed by atoms with van der Waals surface area (Å²) < 4.78 is 4.83. The SMILES string of the molecule is Cc1cc(C(=O)Nc2c(Cl)cccc2Cl)on1. The maximum absolute atomic E-state index is 11.8. The zero-order valence-electron chi connectivity index (χ0n) is 8.83. The smallest absolute Gasteiger partial charge is 0.294 e. The Morgan fingerprint density at radius 2 is 2.00 bits per heavy atom. The van der Waals surface area contributed by atoms with Gasteiger partial charge in [-0.2, -0.15) is 0 Å². The predicted octanol–water partition coefficient (Wildman–Crippen LogP) is 3.54. The molecule has 2 rings (SSSR count). The fourth-order valence-electron chi connectivity index (χ4n) is 1.26. The lowest BCUT2D eigenvalue weighted by molar-refractivity contribution is 0.0988. The van der Waals surface area contributed by atoms with Crippen LogP contribution in [0.1, 0.15) is 16.2 Å². The first-order valence-electron chi connectivity index (χ1n) is 4.76. The number of halogens is 2. The van der Waals surface area contributed by atoms with Crippen molar-refractivity contribution in [3.63, 3.8) is 0 Å². The molecule has 0 bridgehead atoms. The first-order chi connectivity index (χ1) is 8.08. The molecule has 0 saturated carbocycles. The lowest BCUT2D eigenvalue weighted by Gasteiger charge is -2.06. The van der Waals surface area contributed by atoms with E-state index >= 15 is 0 Å². The molecule has 0 fully saturated rings. The molecule has 0 aliphatic rings. The van der Waals surface area contributed by atoms with Gasteiger partial charge in [-0.3, -0.25) is 4.79 Å². The third-order valence-electron chi connectivity index (χ3n) is 2.05. The maximum Gasteiger partial charge on any atom is 0.294 e. The van der Waals surface area contributed by atoms with E-state index in [0.29, 0.717) is 21.4 Å². The van der Waals surface area contributed by atoms with Gasteiger partial charge in [0.1, 0.15) is 0 Å². The molecule has 0 radical (unpaired) electrons. The highest BCUT2D eigenvalue weighted by Gasteiger charge is 2.15. The van der Waals surface area contributed by atoms with E-state index in [9.17, 15) is 4.79 Å². The second-order valence-electron chi connectivity index (χ2n) is 3.38. The molecule has 1 N–H and O–H groups in total. The molecule has 88 valence electrons. The second kappa shape index (κ2) is 4.77. The van der Waals surface area contributed by atoms with Gasteiger partial charge >= 0.3 is 0 Å². The van der Waals surface area contributed by atoms with Crippen LogP contribution in [0.3, 0.4) is 0 Å². The standard InChI is InChI=1S/C11H8Cl2N2O2/c1-6-5-9(17-15-6)11(16)14-10-7(12)3-2-4-8(10)13/h2-5H,1H3,(H,14,16). The summed E-state index contributed by atoms with van der Waals surface area (Å²) in [6.07, 6.45) is 0. The predicted molar refractivity (Wildman–Crippen MR) is 65.7 cm³/mol. The molecular formula is C11H8Cl2N2O2. The van der Waals surface area contributed by atoms with Crippen molar-refractivity contribution in [2.24, 2.45) is 0 Å². The topological polar surface area (TPSA) is 55.1 Å². The van der Waals surface area contributed by atoms with Crippen molar-refractivity contribution in [1.29, 1.82) is 0 Å². The zero-order valence-corrected chi connectivity index (χ0v) is 10.3. The van der Waals surface area contributed by atoms with Crippen LogP contribution in [0.2, 0.25) is 10.0 Å². The molecule has 0 unspecified atom stereocenters. The molecular weight excluding hydrogens is 263 g/mol. The molecule has 1 aromatic carbocycles. The number of anilines is 1. The number of carbonyl (C=O) groups is 1. The van der Waals surface area contributed by atoms with Crippen LogP contribution in [-0.4, -0.2) is 11.1 Å². The molecule has 1 amide bonds. The van der Waals surface area contributed by atoms with E-state index in [-0.39, 0.29) is 5.76 Å². The molecule has 0 saturated heterocycles. The Labute approximate surface area is 108 Å². The maximum atomic E-state index is 11.8. The van der Waals surface area contributed by atoms with Crippen LogP contribution in [0.4, 0.5) is 5.69 Å². The van der Waals surface area contributed by atoms with E-state index in [1.807, 2.05) is 0 Å². The molecule has 0 atom stereocenters. The van der Waals surface area contributed by atoms with E-state index < -0.39 is 5.91 Å². The summed E-state index contributed by atoms with van der Waals surface area (Å²) in [6.45, 7) is 1.72. The first-order valence-corrected chi connectivity index (χ1v) is 5.52. The quantitative estimate of drug-likeness (QED) is 0.908. The number of hydrogen-bond donors (Lipinski definition) is 1. The van der Waals surface area contributed by atoms with Crippen molar-refractivity contribution in [3.05, 3.63) is 45.8 Å². The molecule has 0 aliphatic carbocycles. The van der Waals surface area contributed by atoms with Gasteiger partial charge in [-0.1, -0.05) is 34.4 Å². The minimum absolute atomic E-state index is 0.110. The summed E-state index contributed by atoms with van der Waals surface area (Å²) in [5, 5.41) is 6.92. The minimum Gasteiger partial charge on any atom is -0.351 e. The summed E-state index contributed by atoms with van der Waals surface area (Å²) in [5.41, 5.74) is 0.982. The van der Waals surface area contributed by atoms with Crippen molar-refractivity contribution < 1.29 is 9.32 Å². The summed E-state index contributed by atoms with van der Waals surface area (Å²) in [6, 6.07) is 6.49. The lowest BCUT2D eigenvalue weighted by Crippen LogP contribution is -2.11. The average molecular weight is 271 g/mol. The van der Waals surface area contributed by atoms with E-state index in [1.54, 1.807) is 25.1 Å². The molecule has 6 heteroatoms. The Kier molecular flexibility index (Phi) is 3.36. The highest BCUT2D eigenvalue weighted by Crippen LogP contribution is 2.30. The zero-order chi connectivity index (χ0) is 12.4. The van der Waals surface area contributed by atoms with Crippen molar-refractivity contribution >= 4 is 34.8 Å². The van der Waals surface area contributed by atoms with Crippen LogP contribution < -0.4 is 5.32 Å². The van der Waals surface area contributed by atoms with Crippen molar-refractivity contribution in [1.82, 2.24) is 5.16 Å². The van der Waals surface area contributed by atoms with Gasteiger partial charge in [0.15, 0.2) is 0 Å². The number of aryl methyl sites for hydroxylation is 1. The van der Waals surface area contributed by atoms with Crippen molar-refractivity contribution in [2.45, 2.75) is 6.92 Å². The third kappa shape index (κ3) is 2.60. The fraction of sp³-hybridized carbons (Fsp3) is 0.0909. The van der Waals surface area contributed by atoms with Gasteiger partial charge in [-0.15, -0.1) is 0 Å². The Balaban J connectivity index is 2.24. The molecule has 2 aromatic rings. The van der Waals surface area contributed by atoms with Crippen LogP contribution in [0.5, 0.6) is 0 Å². The van der Waals surface area contributed by atoms with Crippen LogP contribution in [0, 0.1) is 6.92 Å². The summed E-state index contributed by atoms with van der Waals surface area (Å²) in [5.74, 6) is -0.334. The Hall–Kier alpha value is -1.52. The number of nitrogens with zero attached hydrogens (tertiary/aromatic N) is 1. The number of amides is 1. The van der Waals surface area contributed by atoms with Crippen LogP contribution in [-0.2, 0) is 0 Å².